The molecule has 2 aromatic heterocycles. The van der Waals surface area contributed by atoms with Crippen LogP contribution in [-0.2, 0) is 6.42 Å². The second-order valence-corrected chi connectivity index (χ2v) is 8.85. The number of fused-ring (bicyclic) bond motifs is 1. The number of rotatable bonds is 6. The van der Waals surface area contributed by atoms with Crippen molar-refractivity contribution in [3.05, 3.63) is 23.5 Å². The van der Waals surface area contributed by atoms with Gasteiger partial charge in [0.1, 0.15) is 0 Å². The molecule has 0 radical (unpaired) electrons. The second kappa shape index (κ2) is 7.40. The van der Waals surface area contributed by atoms with Crippen LogP contribution in [0.25, 0.3) is 4.96 Å². The minimum Gasteiger partial charge on any atom is -0.313 e. The van der Waals surface area contributed by atoms with Crippen LogP contribution in [-0.4, -0.2) is 44.0 Å². The topological polar surface area (TPSA) is 29.3 Å². The van der Waals surface area contributed by atoms with Gasteiger partial charge in [0.15, 0.2) is 4.96 Å². The Labute approximate surface area is 139 Å². The zero-order valence-electron chi connectivity index (χ0n) is 12.6. The highest BCUT2D eigenvalue weighted by Gasteiger charge is 2.32. The number of thioether (sulfide) groups is 2. The first-order valence-corrected chi connectivity index (χ1v) is 10.7. The molecule has 3 nitrogen and oxygen atoms in total. The van der Waals surface area contributed by atoms with Crippen molar-refractivity contribution >= 4 is 39.8 Å². The van der Waals surface area contributed by atoms with Crippen molar-refractivity contribution in [3.8, 4) is 0 Å². The van der Waals surface area contributed by atoms with Gasteiger partial charge in [-0.3, -0.25) is 4.40 Å². The van der Waals surface area contributed by atoms with E-state index in [-0.39, 0.29) is 0 Å². The van der Waals surface area contributed by atoms with Crippen LogP contribution in [0.1, 0.15) is 26.0 Å². The van der Waals surface area contributed by atoms with Crippen LogP contribution in [0.5, 0.6) is 0 Å². The van der Waals surface area contributed by atoms with Crippen molar-refractivity contribution in [1.82, 2.24) is 14.7 Å². The summed E-state index contributed by atoms with van der Waals surface area (Å²) in [6.45, 7) is 5.57. The summed E-state index contributed by atoms with van der Waals surface area (Å²) in [5.41, 5.74) is 1.22. The first-order chi connectivity index (χ1) is 10.3. The molecule has 1 aliphatic heterocycles. The Bertz CT molecular complexity index is 537. The van der Waals surface area contributed by atoms with E-state index in [1.807, 2.05) is 0 Å². The van der Waals surface area contributed by atoms with Gasteiger partial charge in [0, 0.05) is 52.2 Å². The quantitative estimate of drug-likeness (QED) is 0.870. The highest BCUT2D eigenvalue weighted by atomic mass is 32.2. The summed E-state index contributed by atoms with van der Waals surface area (Å²) in [7, 11) is 0. The van der Waals surface area contributed by atoms with Gasteiger partial charge in [-0.2, -0.15) is 23.5 Å². The molecule has 3 rings (SSSR count). The van der Waals surface area contributed by atoms with E-state index in [4.69, 9.17) is 4.98 Å². The van der Waals surface area contributed by atoms with Crippen molar-refractivity contribution in [1.29, 1.82) is 0 Å². The fraction of sp³-hybridized carbons (Fsp3) is 0.667. The van der Waals surface area contributed by atoms with Gasteiger partial charge < -0.3 is 5.32 Å². The van der Waals surface area contributed by atoms with Gasteiger partial charge in [-0.25, -0.2) is 4.98 Å². The molecule has 2 aromatic rings. The normalized spacial score (nSPS) is 24.5. The molecule has 0 aliphatic carbocycles. The molecular formula is C15H23N3S3. The number of imidazole rings is 1. The van der Waals surface area contributed by atoms with Gasteiger partial charge in [-0.15, -0.1) is 11.3 Å². The summed E-state index contributed by atoms with van der Waals surface area (Å²) >= 11 is 6.03. The highest BCUT2D eigenvalue weighted by Crippen LogP contribution is 2.36. The molecule has 1 N–H and O–H groups in total. The molecule has 6 heteroatoms. The predicted molar refractivity (Wildman–Crippen MR) is 97.0 cm³/mol. The zero-order chi connectivity index (χ0) is 14.7. The van der Waals surface area contributed by atoms with E-state index in [0.29, 0.717) is 11.3 Å². The summed E-state index contributed by atoms with van der Waals surface area (Å²) in [4.78, 5) is 5.88. The predicted octanol–water partition coefficient (Wildman–Crippen LogP) is 3.54. The van der Waals surface area contributed by atoms with Crippen LogP contribution in [0.4, 0.5) is 0 Å². The van der Waals surface area contributed by atoms with Crippen LogP contribution in [0.3, 0.4) is 0 Å². The van der Waals surface area contributed by atoms with E-state index in [1.54, 1.807) is 11.3 Å². The zero-order valence-corrected chi connectivity index (χ0v) is 15.1. The molecule has 21 heavy (non-hydrogen) atoms. The molecular weight excluding hydrogens is 318 g/mol. The molecule has 3 unspecified atom stereocenters. The molecule has 1 saturated heterocycles. The SMILES string of the molecule is CCNC(Cc1cn2ccsc2n1)C1SCCSC1CC. The molecule has 0 saturated carbocycles. The third-order valence-corrected chi connectivity index (χ3v) is 8.11. The summed E-state index contributed by atoms with van der Waals surface area (Å²) < 4.78 is 2.14. The monoisotopic (exact) mass is 341 g/mol. The molecule has 116 valence electrons. The maximum absolute atomic E-state index is 4.77. The maximum Gasteiger partial charge on any atom is 0.193 e. The average Bonchev–Trinajstić information content (AvgIpc) is 3.08. The number of nitrogens with zero attached hydrogens (tertiary/aromatic N) is 2. The van der Waals surface area contributed by atoms with E-state index in [0.717, 1.165) is 23.2 Å². The first kappa shape index (κ1) is 15.7. The standard InChI is InChI=1S/C15H23N3S3/c1-3-13-14(20-8-7-19-13)12(16-4-2)9-11-10-18-5-6-21-15(18)17-11/h5-6,10,12-14,16H,3-4,7-9H2,1-2H3. The average molecular weight is 342 g/mol. The lowest BCUT2D eigenvalue weighted by atomic mass is 10.0. The van der Waals surface area contributed by atoms with Crippen molar-refractivity contribution in [3.63, 3.8) is 0 Å². The van der Waals surface area contributed by atoms with Gasteiger partial charge in [-0.1, -0.05) is 13.8 Å². The van der Waals surface area contributed by atoms with E-state index >= 15 is 0 Å². The fourth-order valence-electron chi connectivity index (χ4n) is 2.98. The Morgan fingerprint density at radius 3 is 3.00 bits per heavy atom. The maximum atomic E-state index is 4.77. The third-order valence-electron chi connectivity index (χ3n) is 3.93. The van der Waals surface area contributed by atoms with Gasteiger partial charge in [-0.05, 0) is 13.0 Å². The van der Waals surface area contributed by atoms with Crippen LogP contribution in [0.2, 0.25) is 0 Å². The summed E-state index contributed by atoms with van der Waals surface area (Å²) in [6.07, 6.45) is 6.59. The lowest BCUT2D eigenvalue weighted by Gasteiger charge is -2.36. The molecule has 3 heterocycles. The van der Waals surface area contributed by atoms with Crippen molar-refractivity contribution in [2.24, 2.45) is 0 Å². The lowest BCUT2D eigenvalue weighted by molar-refractivity contribution is 0.487. The van der Waals surface area contributed by atoms with Gasteiger partial charge in [0.2, 0.25) is 0 Å². The van der Waals surface area contributed by atoms with Gasteiger partial charge in [0.25, 0.3) is 0 Å². The van der Waals surface area contributed by atoms with Crippen LogP contribution >= 0.6 is 34.9 Å². The molecule has 3 atom stereocenters. The second-order valence-electron chi connectivity index (χ2n) is 5.35. The van der Waals surface area contributed by atoms with Gasteiger partial charge in [0.05, 0.1) is 5.69 Å². The van der Waals surface area contributed by atoms with Crippen LogP contribution < -0.4 is 5.32 Å². The van der Waals surface area contributed by atoms with Crippen molar-refractivity contribution in [2.45, 2.75) is 43.2 Å². The number of likely N-dealkylation sites (N-methyl/N-ethyl adjacent to an activating group) is 1. The fourth-order valence-corrected chi connectivity index (χ4v) is 6.96. The molecule has 0 aromatic carbocycles. The lowest BCUT2D eigenvalue weighted by Crippen LogP contribution is -2.46. The molecule has 0 bridgehead atoms. The summed E-state index contributed by atoms with van der Waals surface area (Å²) in [6, 6.07) is 0.530. The van der Waals surface area contributed by atoms with Crippen LogP contribution in [0, 0.1) is 0 Å². The van der Waals surface area contributed by atoms with Crippen molar-refractivity contribution < 1.29 is 0 Å². The Morgan fingerprint density at radius 1 is 1.38 bits per heavy atom. The Morgan fingerprint density at radius 2 is 2.24 bits per heavy atom. The van der Waals surface area contributed by atoms with E-state index in [2.05, 4.69) is 64.9 Å². The van der Waals surface area contributed by atoms with E-state index < -0.39 is 0 Å². The number of aromatic nitrogens is 2. The van der Waals surface area contributed by atoms with E-state index in [9.17, 15) is 0 Å². The van der Waals surface area contributed by atoms with Crippen LogP contribution in [0.15, 0.2) is 17.8 Å². The molecule has 1 fully saturated rings. The number of nitrogens with one attached hydrogen (secondary N) is 1. The van der Waals surface area contributed by atoms with Crippen molar-refractivity contribution in [2.75, 3.05) is 18.1 Å². The number of thiazole rings is 1. The number of hydrogen-bond acceptors (Lipinski definition) is 5. The molecule has 0 spiro atoms. The van der Waals surface area contributed by atoms with E-state index in [1.165, 1.54) is 23.6 Å². The smallest absolute Gasteiger partial charge is 0.193 e. The largest absolute Gasteiger partial charge is 0.313 e. The molecule has 0 amide bonds. The molecule has 1 aliphatic rings. The summed E-state index contributed by atoms with van der Waals surface area (Å²) in [5.74, 6) is 2.59. The minimum absolute atomic E-state index is 0.530. The Kier molecular flexibility index (Phi) is 5.54. The Balaban J connectivity index is 1.75. The Hall–Kier alpha value is -0.170. The van der Waals surface area contributed by atoms with Gasteiger partial charge >= 0.3 is 0 Å². The highest BCUT2D eigenvalue weighted by molar-refractivity contribution is 8.07. The summed E-state index contributed by atoms with van der Waals surface area (Å²) in [5, 5.41) is 7.29. The number of hydrogen-bond donors (Lipinski definition) is 1. The minimum atomic E-state index is 0.530. The first-order valence-electron chi connectivity index (χ1n) is 7.69. The third kappa shape index (κ3) is 3.60.